The lowest BCUT2D eigenvalue weighted by molar-refractivity contribution is 0.240. The summed E-state index contributed by atoms with van der Waals surface area (Å²) in [6.45, 7) is 1.61. The number of rotatable bonds is 6. The van der Waals surface area contributed by atoms with E-state index in [9.17, 15) is 4.79 Å². The standard InChI is InChI=1S/C21H21N5O/c27-21(23-13-19-10-18-8-4-5-9-20(18)25-19)22-11-17-12-24-26(15-17)14-16-6-2-1-3-7-16/h1-10,12,15,25H,11,13-14H2,(H2,22,23,27). The van der Waals surface area contributed by atoms with Crippen molar-refractivity contribution >= 4 is 16.9 Å². The third kappa shape index (κ3) is 4.36. The molecule has 2 aromatic heterocycles. The van der Waals surface area contributed by atoms with Gasteiger partial charge in [0, 0.05) is 29.5 Å². The van der Waals surface area contributed by atoms with Crippen molar-refractivity contribution < 1.29 is 4.79 Å². The predicted octanol–water partition coefficient (Wildman–Crippen LogP) is 3.41. The lowest BCUT2D eigenvalue weighted by Crippen LogP contribution is -2.34. The van der Waals surface area contributed by atoms with Gasteiger partial charge in [-0.1, -0.05) is 48.5 Å². The van der Waals surface area contributed by atoms with Crippen molar-refractivity contribution in [2.75, 3.05) is 0 Å². The van der Waals surface area contributed by atoms with Crippen molar-refractivity contribution in [1.82, 2.24) is 25.4 Å². The fourth-order valence-electron chi connectivity index (χ4n) is 3.00. The largest absolute Gasteiger partial charge is 0.357 e. The summed E-state index contributed by atoms with van der Waals surface area (Å²) in [6.07, 6.45) is 3.73. The van der Waals surface area contributed by atoms with Crippen molar-refractivity contribution in [2.45, 2.75) is 19.6 Å². The van der Waals surface area contributed by atoms with Gasteiger partial charge in [0.15, 0.2) is 0 Å². The molecule has 0 radical (unpaired) electrons. The van der Waals surface area contributed by atoms with Gasteiger partial charge in [-0.2, -0.15) is 5.10 Å². The average molecular weight is 359 g/mol. The van der Waals surface area contributed by atoms with Crippen LogP contribution in [0.5, 0.6) is 0 Å². The van der Waals surface area contributed by atoms with Crippen LogP contribution in [0, 0.1) is 0 Å². The number of nitrogens with zero attached hydrogens (tertiary/aromatic N) is 2. The maximum atomic E-state index is 12.0. The summed E-state index contributed by atoms with van der Waals surface area (Å²) < 4.78 is 1.87. The zero-order valence-electron chi connectivity index (χ0n) is 14.9. The summed E-state index contributed by atoms with van der Waals surface area (Å²) >= 11 is 0. The number of carbonyl (C=O) groups excluding carboxylic acids is 1. The Morgan fingerprint density at radius 3 is 2.59 bits per heavy atom. The number of benzene rings is 2. The lowest BCUT2D eigenvalue weighted by Gasteiger charge is -2.05. The second kappa shape index (κ2) is 7.78. The Labute approximate surface area is 157 Å². The summed E-state index contributed by atoms with van der Waals surface area (Å²) in [6, 6.07) is 20.0. The summed E-state index contributed by atoms with van der Waals surface area (Å²) in [7, 11) is 0. The van der Waals surface area contributed by atoms with Crippen LogP contribution in [0.1, 0.15) is 16.8 Å². The van der Waals surface area contributed by atoms with E-state index >= 15 is 0 Å². The fourth-order valence-corrected chi connectivity index (χ4v) is 3.00. The smallest absolute Gasteiger partial charge is 0.315 e. The molecule has 2 amide bonds. The zero-order valence-corrected chi connectivity index (χ0v) is 14.9. The number of aromatic nitrogens is 3. The maximum absolute atomic E-state index is 12.0. The minimum atomic E-state index is -0.204. The van der Waals surface area contributed by atoms with E-state index in [1.54, 1.807) is 6.20 Å². The number of H-pyrrole nitrogens is 1. The first-order valence-electron chi connectivity index (χ1n) is 8.90. The summed E-state index contributed by atoms with van der Waals surface area (Å²) in [5, 5.41) is 11.2. The van der Waals surface area contributed by atoms with Crippen LogP contribution in [0.3, 0.4) is 0 Å². The zero-order chi connectivity index (χ0) is 18.5. The van der Waals surface area contributed by atoms with Crippen LogP contribution in [0.25, 0.3) is 10.9 Å². The van der Waals surface area contributed by atoms with Crippen LogP contribution in [-0.4, -0.2) is 20.8 Å². The molecule has 0 unspecified atom stereocenters. The molecular formula is C21H21N5O. The Morgan fingerprint density at radius 1 is 0.963 bits per heavy atom. The fraction of sp³-hybridized carbons (Fsp3) is 0.143. The molecule has 0 spiro atoms. The van der Waals surface area contributed by atoms with E-state index in [4.69, 9.17) is 0 Å². The van der Waals surface area contributed by atoms with E-state index in [0.29, 0.717) is 19.6 Å². The van der Waals surface area contributed by atoms with Gasteiger partial charge in [-0.3, -0.25) is 4.68 Å². The number of para-hydroxylation sites is 1. The Balaban J connectivity index is 1.25. The van der Waals surface area contributed by atoms with Gasteiger partial charge in [-0.25, -0.2) is 4.79 Å². The van der Waals surface area contributed by atoms with Crippen molar-refractivity contribution in [2.24, 2.45) is 0 Å². The Morgan fingerprint density at radius 2 is 1.74 bits per heavy atom. The van der Waals surface area contributed by atoms with E-state index in [-0.39, 0.29) is 6.03 Å². The molecule has 0 atom stereocenters. The first kappa shape index (κ1) is 16.9. The first-order chi connectivity index (χ1) is 13.3. The van der Waals surface area contributed by atoms with Gasteiger partial charge in [0.05, 0.1) is 19.3 Å². The highest BCUT2D eigenvalue weighted by Crippen LogP contribution is 2.14. The highest BCUT2D eigenvalue weighted by molar-refractivity contribution is 5.80. The number of urea groups is 1. The van der Waals surface area contributed by atoms with Gasteiger partial charge in [-0.15, -0.1) is 0 Å². The van der Waals surface area contributed by atoms with Crippen molar-refractivity contribution in [3.8, 4) is 0 Å². The normalized spacial score (nSPS) is 10.8. The topological polar surface area (TPSA) is 74.7 Å². The van der Waals surface area contributed by atoms with Gasteiger partial charge in [0.1, 0.15) is 0 Å². The molecule has 0 saturated heterocycles. The van der Waals surface area contributed by atoms with Crippen molar-refractivity contribution in [3.05, 3.63) is 89.9 Å². The highest BCUT2D eigenvalue weighted by atomic mass is 16.2. The first-order valence-corrected chi connectivity index (χ1v) is 8.90. The molecule has 0 saturated carbocycles. The highest BCUT2D eigenvalue weighted by Gasteiger charge is 2.05. The molecule has 4 aromatic rings. The summed E-state index contributed by atoms with van der Waals surface area (Å²) in [5.74, 6) is 0. The monoisotopic (exact) mass is 359 g/mol. The minimum absolute atomic E-state index is 0.204. The maximum Gasteiger partial charge on any atom is 0.315 e. The van der Waals surface area contributed by atoms with Crippen LogP contribution in [0.4, 0.5) is 4.79 Å². The van der Waals surface area contributed by atoms with E-state index in [2.05, 4.69) is 32.8 Å². The van der Waals surface area contributed by atoms with Gasteiger partial charge in [0.25, 0.3) is 0 Å². The molecule has 0 bridgehead atoms. The molecular weight excluding hydrogens is 338 g/mol. The van der Waals surface area contributed by atoms with E-state index in [0.717, 1.165) is 22.2 Å². The van der Waals surface area contributed by atoms with E-state index < -0.39 is 0 Å². The quantitative estimate of drug-likeness (QED) is 0.493. The molecule has 2 aromatic carbocycles. The molecule has 6 nitrogen and oxygen atoms in total. The molecule has 2 heterocycles. The van der Waals surface area contributed by atoms with Crippen LogP contribution < -0.4 is 10.6 Å². The summed E-state index contributed by atoms with van der Waals surface area (Å²) in [5.41, 5.74) is 4.20. The average Bonchev–Trinajstić information content (AvgIpc) is 3.32. The van der Waals surface area contributed by atoms with E-state index in [1.165, 1.54) is 5.56 Å². The van der Waals surface area contributed by atoms with Gasteiger partial charge < -0.3 is 15.6 Å². The number of aromatic amines is 1. The van der Waals surface area contributed by atoms with Crippen LogP contribution in [0.15, 0.2) is 73.1 Å². The Hall–Kier alpha value is -3.54. The molecule has 6 heteroatoms. The predicted molar refractivity (Wildman–Crippen MR) is 105 cm³/mol. The van der Waals surface area contributed by atoms with Crippen molar-refractivity contribution in [3.63, 3.8) is 0 Å². The second-order valence-corrected chi connectivity index (χ2v) is 6.45. The number of hydrogen-bond acceptors (Lipinski definition) is 2. The van der Waals surface area contributed by atoms with Crippen LogP contribution in [-0.2, 0) is 19.6 Å². The summed E-state index contributed by atoms with van der Waals surface area (Å²) in [4.78, 5) is 15.3. The Bertz CT molecular complexity index is 1000. The van der Waals surface area contributed by atoms with Crippen LogP contribution in [0.2, 0.25) is 0 Å². The van der Waals surface area contributed by atoms with Gasteiger partial charge in [-0.05, 0) is 23.1 Å². The number of nitrogens with one attached hydrogen (secondary N) is 3. The molecule has 136 valence electrons. The second-order valence-electron chi connectivity index (χ2n) is 6.45. The molecule has 3 N–H and O–H groups in total. The number of amides is 2. The molecule has 0 aliphatic rings. The molecule has 27 heavy (non-hydrogen) atoms. The molecule has 0 aliphatic carbocycles. The van der Waals surface area contributed by atoms with E-state index in [1.807, 2.05) is 59.4 Å². The SMILES string of the molecule is O=C(NCc1cnn(Cc2ccccc2)c1)NCc1cc2ccccc2[nH]1. The molecule has 0 aliphatic heterocycles. The number of fused-ring (bicyclic) bond motifs is 1. The minimum Gasteiger partial charge on any atom is -0.357 e. The number of carbonyl (C=O) groups is 1. The van der Waals surface area contributed by atoms with Gasteiger partial charge >= 0.3 is 6.03 Å². The number of hydrogen-bond donors (Lipinski definition) is 3. The van der Waals surface area contributed by atoms with Gasteiger partial charge in [0.2, 0.25) is 0 Å². The Kier molecular flexibility index (Phi) is 4.87. The molecule has 4 rings (SSSR count). The van der Waals surface area contributed by atoms with Crippen molar-refractivity contribution in [1.29, 1.82) is 0 Å². The lowest BCUT2D eigenvalue weighted by atomic mass is 10.2. The molecule has 0 fully saturated rings. The van der Waals surface area contributed by atoms with Crippen LogP contribution >= 0.6 is 0 Å². The third-order valence-corrected chi connectivity index (χ3v) is 4.35. The third-order valence-electron chi connectivity index (χ3n) is 4.35.